The van der Waals surface area contributed by atoms with Crippen LogP contribution in [-0.4, -0.2) is 26.4 Å². The SMILES string of the molecule is Cc1cc(Nc2ncnc(Nc3ccc(OC(F)(F)F)cc3)c2[N+](=O)[O-])no1. The molecule has 0 bridgehead atoms. The molecule has 10 nitrogen and oxygen atoms in total. The maximum absolute atomic E-state index is 12.2. The first-order valence-electron chi connectivity index (χ1n) is 7.54. The number of hydrogen-bond acceptors (Lipinski definition) is 9. The Labute approximate surface area is 154 Å². The highest BCUT2D eigenvalue weighted by Crippen LogP contribution is 2.33. The molecule has 2 aromatic heterocycles. The molecule has 0 saturated carbocycles. The number of ether oxygens (including phenoxy) is 1. The molecule has 3 rings (SSSR count). The summed E-state index contributed by atoms with van der Waals surface area (Å²) in [6.45, 7) is 1.64. The Kier molecular flexibility index (Phi) is 4.98. The predicted octanol–water partition coefficient (Wildman–Crippen LogP) is 4.07. The molecule has 0 amide bonds. The zero-order valence-corrected chi connectivity index (χ0v) is 14.0. The third-order valence-corrected chi connectivity index (χ3v) is 3.23. The molecule has 0 unspecified atom stereocenters. The van der Waals surface area contributed by atoms with Crippen molar-refractivity contribution >= 4 is 28.8 Å². The molecule has 0 aliphatic carbocycles. The van der Waals surface area contributed by atoms with Crippen molar-refractivity contribution in [1.29, 1.82) is 0 Å². The summed E-state index contributed by atoms with van der Waals surface area (Å²) in [5.41, 5.74) is -0.238. The van der Waals surface area contributed by atoms with Crippen LogP contribution < -0.4 is 15.4 Å². The molecule has 0 radical (unpaired) electrons. The summed E-state index contributed by atoms with van der Waals surface area (Å²) in [4.78, 5) is 18.4. The Morgan fingerprint density at radius 1 is 1.14 bits per heavy atom. The Morgan fingerprint density at radius 3 is 2.32 bits per heavy atom. The van der Waals surface area contributed by atoms with Crippen LogP contribution in [0.4, 0.5) is 42.0 Å². The topological polar surface area (TPSA) is 128 Å². The second-order valence-electron chi connectivity index (χ2n) is 5.32. The number of anilines is 4. The third kappa shape index (κ3) is 4.63. The van der Waals surface area contributed by atoms with Crippen LogP contribution in [0.25, 0.3) is 0 Å². The van der Waals surface area contributed by atoms with E-state index in [0.717, 1.165) is 18.5 Å². The number of aryl methyl sites for hydroxylation is 1. The maximum Gasteiger partial charge on any atom is 0.573 e. The van der Waals surface area contributed by atoms with E-state index in [9.17, 15) is 23.3 Å². The van der Waals surface area contributed by atoms with Gasteiger partial charge in [0.25, 0.3) is 0 Å². The number of alkyl halides is 3. The highest BCUT2D eigenvalue weighted by Gasteiger charge is 2.31. The fourth-order valence-electron chi connectivity index (χ4n) is 2.16. The van der Waals surface area contributed by atoms with E-state index in [0.29, 0.717) is 5.76 Å². The molecule has 146 valence electrons. The van der Waals surface area contributed by atoms with Crippen LogP contribution in [0.5, 0.6) is 5.75 Å². The lowest BCUT2D eigenvalue weighted by atomic mass is 10.3. The van der Waals surface area contributed by atoms with Crippen LogP contribution in [0.3, 0.4) is 0 Å². The van der Waals surface area contributed by atoms with Crippen molar-refractivity contribution in [1.82, 2.24) is 15.1 Å². The maximum atomic E-state index is 12.2. The van der Waals surface area contributed by atoms with Crippen molar-refractivity contribution in [3.05, 3.63) is 52.5 Å². The van der Waals surface area contributed by atoms with Crippen LogP contribution in [0.1, 0.15) is 5.76 Å². The van der Waals surface area contributed by atoms with Crippen LogP contribution >= 0.6 is 0 Å². The van der Waals surface area contributed by atoms with E-state index < -0.39 is 22.7 Å². The summed E-state index contributed by atoms with van der Waals surface area (Å²) in [6, 6.07) is 6.13. The number of hydrogen-bond donors (Lipinski definition) is 2. The number of nitrogens with zero attached hydrogens (tertiary/aromatic N) is 4. The minimum Gasteiger partial charge on any atom is -0.406 e. The van der Waals surface area contributed by atoms with E-state index in [2.05, 4.69) is 30.5 Å². The molecule has 13 heteroatoms. The van der Waals surface area contributed by atoms with E-state index >= 15 is 0 Å². The lowest BCUT2D eigenvalue weighted by molar-refractivity contribution is -0.383. The van der Waals surface area contributed by atoms with Gasteiger partial charge in [0.2, 0.25) is 11.6 Å². The van der Waals surface area contributed by atoms with Gasteiger partial charge in [0.15, 0.2) is 5.82 Å². The number of benzene rings is 1. The number of halogens is 3. The van der Waals surface area contributed by atoms with E-state index in [4.69, 9.17) is 4.52 Å². The minimum atomic E-state index is -4.82. The standard InChI is InChI=1S/C15H11F3N6O4/c1-8-6-11(23-28-8)22-14-12(24(25)26)13(19-7-20-14)21-9-2-4-10(5-3-9)27-15(16,17)18/h2-7H,1H3,(H2,19,20,21,22,23). The van der Waals surface area contributed by atoms with Gasteiger partial charge in [-0.1, -0.05) is 5.16 Å². The number of nitro groups is 1. The summed E-state index contributed by atoms with van der Waals surface area (Å²) in [6.07, 6.45) is -3.74. The number of rotatable bonds is 6. The van der Waals surface area contributed by atoms with Crippen molar-refractivity contribution in [3.63, 3.8) is 0 Å². The first kappa shape index (κ1) is 18.9. The minimum absolute atomic E-state index is 0.146. The number of nitrogens with one attached hydrogen (secondary N) is 2. The van der Waals surface area contributed by atoms with E-state index in [1.165, 1.54) is 18.2 Å². The monoisotopic (exact) mass is 396 g/mol. The molecule has 0 saturated heterocycles. The second kappa shape index (κ2) is 7.38. The average Bonchev–Trinajstić information content (AvgIpc) is 3.00. The van der Waals surface area contributed by atoms with Gasteiger partial charge in [-0.15, -0.1) is 13.2 Å². The Balaban J connectivity index is 1.85. The van der Waals surface area contributed by atoms with E-state index in [1.807, 2.05) is 0 Å². The van der Waals surface area contributed by atoms with Gasteiger partial charge in [-0.2, -0.15) is 0 Å². The smallest absolute Gasteiger partial charge is 0.406 e. The molecule has 2 N–H and O–H groups in total. The lowest BCUT2D eigenvalue weighted by Crippen LogP contribution is -2.17. The van der Waals surface area contributed by atoms with Crippen LogP contribution in [0.2, 0.25) is 0 Å². The molecule has 3 aromatic rings. The molecule has 0 spiro atoms. The van der Waals surface area contributed by atoms with Gasteiger partial charge < -0.3 is 19.9 Å². The number of aromatic nitrogens is 3. The van der Waals surface area contributed by atoms with Crippen molar-refractivity contribution in [2.24, 2.45) is 0 Å². The summed E-state index contributed by atoms with van der Waals surface area (Å²) in [5.74, 6) is -0.0587. The van der Waals surface area contributed by atoms with Crippen LogP contribution in [0.15, 0.2) is 41.2 Å². The predicted molar refractivity (Wildman–Crippen MR) is 89.6 cm³/mol. The first-order chi connectivity index (χ1) is 13.2. The Bertz CT molecular complexity index is 990. The van der Waals surface area contributed by atoms with Gasteiger partial charge in [0.05, 0.1) is 4.92 Å². The quantitative estimate of drug-likeness (QED) is 0.468. The highest BCUT2D eigenvalue weighted by atomic mass is 19.4. The summed E-state index contributed by atoms with van der Waals surface area (Å²) in [5, 5.41) is 20.5. The van der Waals surface area contributed by atoms with Gasteiger partial charge in [0, 0.05) is 11.8 Å². The zero-order chi connectivity index (χ0) is 20.3. The Morgan fingerprint density at radius 2 is 1.79 bits per heavy atom. The molecule has 0 aliphatic rings. The lowest BCUT2D eigenvalue weighted by Gasteiger charge is -2.11. The fraction of sp³-hybridized carbons (Fsp3) is 0.133. The van der Waals surface area contributed by atoms with Gasteiger partial charge in [-0.05, 0) is 31.2 Å². The van der Waals surface area contributed by atoms with Crippen molar-refractivity contribution in [2.45, 2.75) is 13.3 Å². The molecule has 0 aliphatic heterocycles. The first-order valence-corrected chi connectivity index (χ1v) is 7.54. The van der Waals surface area contributed by atoms with Crippen LogP contribution in [0, 0.1) is 17.0 Å². The molecule has 1 aromatic carbocycles. The molecular formula is C15H11F3N6O4. The van der Waals surface area contributed by atoms with Crippen molar-refractivity contribution < 1.29 is 27.4 Å². The van der Waals surface area contributed by atoms with Gasteiger partial charge in [-0.3, -0.25) is 10.1 Å². The van der Waals surface area contributed by atoms with Crippen LogP contribution in [-0.2, 0) is 0 Å². The zero-order valence-electron chi connectivity index (χ0n) is 14.0. The van der Waals surface area contributed by atoms with Crippen molar-refractivity contribution in [2.75, 3.05) is 10.6 Å². The van der Waals surface area contributed by atoms with E-state index in [-0.39, 0.29) is 23.1 Å². The fourth-order valence-corrected chi connectivity index (χ4v) is 2.16. The van der Waals surface area contributed by atoms with Gasteiger partial charge in [0.1, 0.15) is 17.8 Å². The van der Waals surface area contributed by atoms with E-state index in [1.54, 1.807) is 6.92 Å². The van der Waals surface area contributed by atoms with Gasteiger partial charge in [-0.25, -0.2) is 9.97 Å². The largest absolute Gasteiger partial charge is 0.573 e. The summed E-state index contributed by atoms with van der Waals surface area (Å²) >= 11 is 0. The normalized spacial score (nSPS) is 11.1. The van der Waals surface area contributed by atoms with Gasteiger partial charge >= 0.3 is 12.0 Å². The molecule has 2 heterocycles. The average molecular weight is 396 g/mol. The molecule has 28 heavy (non-hydrogen) atoms. The summed E-state index contributed by atoms with van der Waals surface area (Å²) in [7, 11) is 0. The molecule has 0 fully saturated rings. The van der Waals surface area contributed by atoms with Crippen molar-refractivity contribution in [3.8, 4) is 5.75 Å². The molecular weight excluding hydrogens is 385 g/mol. The second-order valence-corrected chi connectivity index (χ2v) is 5.32. The molecule has 0 atom stereocenters. The third-order valence-electron chi connectivity index (χ3n) is 3.23. The Hall–Kier alpha value is -3.90. The highest BCUT2D eigenvalue weighted by molar-refractivity contribution is 5.76. The summed E-state index contributed by atoms with van der Waals surface area (Å²) < 4.78 is 45.3.